The summed E-state index contributed by atoms with van der Waals surface area (Å²) >= 11 is 2.42. The number of hydrogen-bond donors (Lipinski definition) is 4. The molecule has 3 aliphatic heterocycles. The van der Waals surface area contributed by atoms with E-state index in [1.165, 1.54) is 90.4 Å². The van der Waals surface area contributed by atoms with Gasteiger partial charge in [0.2, 0.25) is 70.9 Å². The van der Waals surface area contributed by atoms with Gasteiger partial charge in [-0.25, -0.2) is 0 Å². The van der Waals surface area contributed by atoms with E-state index in [2.05, 4.69) is 50.8 Å². The highest BCUT2D eigenvalue weighted by atomic mass is 127. The van der Waals surface area contributed by atoms with Crippen LogP contribution in [-0.4, -0.2) is 256 Å². The van der Waals surface area contributed by atoms with E-state index in [4.69, 9.17) is 4.74 Å². The van der Waals surface area contributed by atoms with Crippen molar-refractivity contribution in [3.8, 4) is 0 Å². The Labute approximate surface area is 585 Å². The zero-order chi connectivity index (χ0) is 71.8. The van der Waals surface area contributed by atoms with Crippen molar-refractivity contribution in [1.29, 1.82) is 0 Å². The zero-order valence-electron chi connectivity index (χ0n) is 61.0. The highest BCUT2D eigenvalue weighted by molar-refractivity contribution is 14.1. The molecule has 5 fully saturated rings. The average Bonchev–Trinajstić information content (AvgIpc) is 0.837. The minimum absolute atomic E-state index is 0.00867. The molecule has 2 aliphatic carbocycles. The first-order valence-electron chi connectivity index (χ1n) is 35.7. The molecular formula is C70H119IN12O13. The molecule has 4 N–H and O–H groups in total. The fraction of sp³-hybridized carbons (Fsp3) is 0.829. The zero-order valence-corrected chi connectivity index (χ0v) is 63.1. The van der Waals surface area contributed by atoms with Gasteiger partial charge in [0.1, 0.15) is 59.9 Å². The van der Waals surface area contributed by atoms with Crippen LogP contribution in [-0.2, 0) is 62.3 Å². The number of alkyl halides is 1. The Hall–Kier alpha value is -5.67. The lowest BCUT2D eigenvalue weighted by Crippen LogP contribution is -2.65. The number of unbranched alkanes of at least 4 members (excludes halogenated alkanes) is 1. The number of likely N-dealkylation sites (N-methyl/N-ethyl adjacent to an activating group) is 6. The first-order valence-corrected chi connectivity index (χ1v) is 37.0. The number of fused-ring (bicyclic) bond motifs is 1. The third kappa shape index (κ3) is 20.7. The van der Waals surface area contributed by atoms with Gasteiger partial charge in [-0.3, -0.25) is 57.5 Å². The smallest absolute Gasteiger partial charge is 0.246 e. The van der Waals surface area contributed by atoms with Gasteiger partial charge in [-0.15, -0.1) is 0 Å². The number of amides is 12. The highest BCUT2D eigenvalue weighted by Crippen LogP contribution is 2.37. The Kier molecular flexibility index (Phi) is 31.2. The Morgan fingerprint density at radius 1 is 0.646 bits per heavy atom. The van der Waals surface area contributed by atoms with Gasteiger partial charge in [0.05, 0.1) is 19.1 Å². The van der Waals surface area contributed by atoms with Crippen molar-refractivity contribution < 1.29 is 62.3 Å². The number of carbonyl (C=O) groups excluding carboxylic acids is 12. The van der Waals surface area contributed by atoms with Gasteiger partial charge in [-0.05, 0) is 153 Å². The number of carbonyl (C=O) groups is 12. The van der Waals surface area contributed by atoms with Gasteiger partial charge in [-0.2, -0.15) is 0 Å². The molecule has 12 amide bonds. The third-order valence-corrected chi connectivity index (χ3v) is 23.0. The molecule has 13 atom stereocenters. The van der Waals surface area contributed by atoms with Crippen LogP contribution in [0.3, 0.4) is 0 Å². The number of methoxy groups -OCH3 is 1. The maximum Gasteiger partial charge on any atom is 0.246 e. The maximum atomic E-state index is 15.1. The van der Waals surface area contributed by atoms with Crippen molar-refractivity contribution >= 4 is 93.5 Å². The number of nitrogens with one attached hydrogen (secondary N) is 4. The third-order valence-electron chi connectivity index (χ3n) is 21.9. The second-order valence-corrected chi connectivity index (χ2v) is 31.2. The topological polar surface area (TPSA) is 288 Å². The lowest BCUT2D eigenvalue weighted by Gasteiger charge is -2.45. The molecule has 3 heterocycles. The maximum absolute atomic E-state index is 15.1. The second-order valence-electron chi connectivity index (χ2n) is 29.4. The molecule has 96 heavy (non-hydrogen) atoms. The first-order chi connectivity index (χ1) is 45.1. The standard InChI is InChI=1S/C70H119IN12O13/c1-18-21-25-50-64(90)81(16)70(9,10)69(95)74-52(36-42(4)5)63(89)79(14)56(67(93)82-33-23-22-24-34-82)40-58(85)78(13)53(20-3)61(87)75-59(43(6)19-2)68(94)77(12)45(8)62(88)83-35-32-54(83)66(92)80(15)55(37-46-27-30-49(96-17)31-28-46)65(91)76(11)41-57(84)72-51(60(86)73-50)39-47-38-48(71)29-26-44(47)7/h42-56,59H,18-41H2,1-17H3,(H,72,84)(H,73,86)(H,74,95)(H,75,87)/t43-,44?,45-,46?,47?,48?,49?,50-,51-,52-,53-,54-,55-,56-,59-/m0/s1. The summed E-state index contributed by atoms with van der Waals surface area (Å²) in [6, 6.07) is -10.4. The van der Waals surface area contributed by atoms with Crippen LogP contribution in [0.4, 0.5) is 0 Å². The van der Waals surface area contributed by atoms with Crippen LogP contribution in [0.25, 0.3) is 0 Å². The SMILES string of the molecule is CCCC[C@@H]1NC(=O)[C@H](CC2CC(I)CCC2C)NC(=O)CN(C)C(=O)[C@H](CC2CCC(OC)CC2)N(C)C(=O)[C@@H]2CCN2C(=O)[C@H](C)N(C)C(=O)[C@H]([C@@H](C)CC)NC(=O)[C@H](CC)N(C)C(=O)C[C@@H](C(=O)N2CCCCC2)N(C)C(=O)[C@H](CC(C)C)NC(=O)C(C)(C)N(C)C1=O. The Morgan fingerprint density at radius 2 is 1.29 bits per heavy atom. The normalized spacial score (nSPS) is 31.5. The number of hydrogen-bond acceptors (Lipinski definition) is 13. The van der Waals surface area contributed by atoms with Gasteiger partial charge < -0.3 is 65.2 Å². The van der Waals surface area contributed by atoms with E-state index < -0.39 is 150 Å². The van der Waals surface area contributed by atoms with Crippen molar-refractivity contribution in [2.24, 2.45) is 29.6 Å². The van der Waals surface area contributed by atoms with Gasteiger partial charge in [0, 0.05) is 73.0 Å². The van der Waals surface area contributed by atoms with Crippen LogP contribution >= 0.6 is 22.6 Å². The number of rotatable bonds is 14. The van der Waals surface area contributed by atoms with Crippen molar-refractivity contribution in [3.05, 3.63) is 0 Å². The number of halogens is 1. The van der Waals surface area contributed by atoms with Gasteiger partial charge in [0.15, 0.2) is 0 Å². The van der Waals surface area contributed by atoms with Gasteiger partial charge in [0.25, 0.3) is 0 Å². The molecular weight excluding hydrogens is 1340 g/mol. The van der Waals surface area contributed by atoms with Crippen LogP contribution in [0.5, 0.6) is 0 Å². The van der Waals surface area contributed by atoms with E-state index in [1.807, 2.05) is 27.7 Å². The van der Waals surface area contributed by atoms with E-state index in [-0.39, 0.29) is 74.8 Å². The molecule has 25 nitrogen and oxygen atoms in total. The monoisotopic (exact) mass is 1460 g/mol. The number of piperidine rings is 1. The largest absolute Gasteiger partial charge is 0.381 e. The quantitative estimate of drug-likeness (QED) is 0.133. The van der Waals surface area contributed by atoms with Gasteiger partial charge in [-0.1, -0.05) is 90.3 Å². The molecule has 5 aliphatic rings. The number of nitrogens with zero attached hydrogens (tertiary/aromatic N) is 8. The van der Waals surface area contributed by atoms with E-state index >= 15 is 19.2 Å². The Balaban J connectivity index is 1.61. The first kappa shape index (κ1) is 81.0. The summed E-state index contributed by atoms with van der Waals surface area (Å²) in [5.41, 5.74) is -1.66. The molecule has 0 bridgehead atoms. The van der Waals surface area contributed by atoms with Crippen LogP contribution in [0.15, 0.2) is 0 Å². The molecule has 3 saturated heterocycles. The average molecular weight is 1460 g/mol. The lowest BCUT2D eigenvalue weighted by atomic mass is 9.77. The lowest BCUT2D eigenvalue weighted by molar-refractivity contribution is -0.160. The summed E-state index contributed by atoms with van der Waals surface area (Å²) in [7, 11) is 10.4. The fourth-order valence-electron chi connectivity index (χ4n) is 14.3. The molecule has 0 aromatic heterocycles. The predicted molar refractivity (Wildman–Crippen MR) is 374 cm³/mol. The van der Waals surface area contributed by atoms with Crippen molar-refractivity contribution in [2.45, 2.75) is 268 Å². The molecule has 0 aromatic carbocycles. The molecule has 0 radical (unpaired) electrons. The Bertz CT molecular complexity index is 2720. The van der Waals surface area contributed by atoms with Crippen LogP contribution in [0.2, 0.25) is 0 Å². The summed E-state index contributed by atoms with van der Waals surface area (Å²) in [6.07, 6.45) is 10.2. The minimum atomic E-state index is -1.66. The van der Waals surface area contributed by atoms with Crippen molar-refractivity contribution in [3.63, 3.8) is 0 Å². The molecule has 3 unspecified atom stereocenters. The molecule has 544 valence electrons. The summed E-state index contributed by atoms with van der Waals surface area (Å²) in [5.74, 6) is -7.55. The van der Waals surface area contributed by atoms with Crippen LogP contribution in [0, 0.1) is 29.6 Å². The summed E-state index contributed by atoms with van der Waals surface area (Å²) < 4.78 is 5.99. The number of ether oxygens (including phenoxy) is 1. The van der Waals surface area contributed by atoms with Gasteiger partial charge >= 0.3 is 0 Å². The minimum Gasteiger partial charge on any atom is -0.381 e. The summed E-state index contributed by atoms with van der Waals surface area (Å²) in [4.78, 5) is 189. The molecule has 5 rings (SSSR count). The van der Waals surface area contributed by atoms with E-state index in [1.54, 1.807) is 32.8 Å². The molecule has 2 saturated carbocycles. The molecule has 0 aromatic rings. The highest BCUT2D eigenvalue weighted by Gasteiger charge is 2.48. The predicted octanol–water partition coefficient (Wildman–Crippen LogP) is 4.88. The summed E-state index contributed by atoms with van der Waals surface area (Å²) in [5, 5.41) is 11.8. The van der Waals surface area contributed by atoms with E-state index in [0.717, 1.165) is 51.4 Å². The number of likely N-dealkylation sites (tertiary alicyclic amines) is 1. The van der Waals surface area contributed by atoms with E-state index in [9.17, 15) is 38.4 Å². The second kappa shape index (κ2) is 37.0. The fourth-order valence-corrected chi connectivity index (χ4v) is 15.3. The summed E-state index contributed by atoms with van der Waals surface area (Å²) in [6.45, 7) is 18.3. The molecule has 0 spiro atoms. The van der Waals surface area contributed by atoms with Crippen molar-refractivity contribution in [1.82, 2.24) is 60.5 Å². The van der Waals surface area contributed by atoms with E-state index in [0.29, 0.717) is 49.1 Å². The van der Waals surface area contributed by atoms with Crippen LogP contribution in [0.1, 0.15) is 198 Å². The van der Waals surface area contributed by atoms with Crippen LogP contribution < -0.4 is 21.3 Å². The Morgan fingerprint density at radius 3 is 1.86 bits per heavy atom. The molecule has 26 heteroatoms. The van der Waals surface area contributed by atoms with Crippen molar-refractivity contribution in [2.75, 3.05) is 75.6 Å².